The fourth-order valence-corrected chi connectivity index (χ4v) is 4.67. The van der Waals surface area contributed by atoms with E-state index in [4.69, 9.17) is 25.7 Å². The summed E-state index contributed by atoms with van der Waals surface area (Å²) in [5, 5.41) is 4.35. The average Bonchev–Trinajstić information content (AvgIpc) is 3.24. The maximum Gasteiger partial charge on any atom is 0.302 e. The van der Waals surface area contributed by atoms with Gasteiger partial charge in [0.1, 0.15) is 16.8 Å². The van der Waals surface area contributed by atoms with Crippen LogP contribution in [0.25, 0.3) is 27.8 Å². The molecule has 7 nitrogen and oxygen atoms in total. The Morgan fingerprint density at radius 3 is 2.60 bits per heavy atom. The largest absolute Gasteiger partial charge is 0.494 e. The van der Waals surface area contributed by atoms with Gasteiger partial charge in [-0.15, -0.1) is 0 Å². The number of nitrogens with zero attached hydrogens (tertiary/aromatic N) is 2. The number of amides is 1. The molecule has 0 spiro atoms. The third-order valence-electron chi connectivity index (χ3n) is 5.25. The van der Waals surface area contributed by atoms with Crippen LogP contribution in [0.2, 0.25) is 5.02 Å². The van der Waals surface area contributed by atoms with Crippen molar-refractivity contribution in [2.75, 3.05) is 17.7 Å². The fraction of sp³-hybridized carbons (Fsp3) is 0.115. The van der Waals surface area contributed by atoms with Crippen LogP contribution in [0.4, 0.5) is 5.69 Å². The molecule has 0 saturated carbocycles. The van der Waals surface area contributed by atoms with Gasteiger partial charge in [0.15, 0.2) is 5.16 Å². The quantitative estimate of drug-likeness (QED) is 0.218. The van der Waals surface area contributed by atoms with Gasteiger partial charge in [-0.3, -0.25) is 14.2 Å². The minimum atomic E-state index is -0.357. The van der Waals surface area contributed by atoms with Gasteiger partial charge in [0.2, 0.25) is 11.5 Å². The van der Waals surface area contributed by atoms with Crippen molar-refractivity contribution in [2.45, 2.75) is 12.1 Å². The number of carbonyl (C=O) groups is 1. The summed E-state index contributed by atoms with van der Waals surface area (Å²) in [4.78, 5) is 31.0. The number of hydrogen-bond donors (Lipinski definition) is 1. The number of aromatic nitrogens is 2. The van der Waals surface area contributed by atoms with Gasteiger partial charge in [-0.25, -0.2) is 4.98 Å². The highest BCUT2D eigenvalue weighted by atomic mass is 35.5. The number of furan rings is 1. The summed E-state index contributed by atoms with van der Waals surface area (Å²) in [7, 11) is 0. The van der Waals surface area contributed by atoms with Crippen LogP contribution in [0.3, 0.4) is 0 Å². The Labute approximate surface area is 209 Å². The second-order valence-corrected chi connectivity index (χ2v) is 8.90. The molecular formula is C26H20ClN3O4S. The molecule has 1 amide bonds. The molecule has 2 heterocycles. The van der Waals surface area contributed by atoms with Crippen LogP contribution in [-0.4, -0.2) is 27.8 Å². The molecule has 0 saturated heterocycles. The standard InChI is InChI=1S/C26H20ClN3O4S/c1-2-33-17-13-11-16(12-14-17)30-25(32)24-23(18-7-3-6-10-21(18)34-24)29-26(30)35-15-22(31)28-20-9-5-4-8-19(20)27/h3-14H,2,15H2,1H3,(H,28,31). The van der Waals surface area contributed by atoms with Crippen LogP contribution in [0, 0.1) is 0 Å². The van der Waals surface area contributed by atoms with Crippen molar-refractivity contribution < 1.29 is 13.9 Å². The number of fused-ring (bicyclic) bond motifs is 3. The SMILES string of the molecule is CCOc1ccc(-n2c(SCC(=O)Nc3ccccc3Cl)nc3c(oc4ccccc43)c2=O)cc1. The minimum absolute atomic E-state index is 0.0238. The second-order valence-electron chi connectivity index (χ2n) is 7.55. The Balaban J connectivity index is 1.55. The molecular weight excluding hydrogens is 486 g/mol. The lowest BCUT2D eigenvalue weighted by molar-refractivity contribution is -0.113. The first-order valence-electron chi connectivity index (χ1n) is 10.9. The summed E-state index contributed by atoms with van der Waals surface area (Å²) < 4.78 is 12.8. The Morgan fingerprint density at radius 1 is 1.09 bits per heavy atom. The molecule has 0 fully saturated rings. The van der Waals surface area contributed by atoms with E-state index in [0.29, 0.717) is 45.0 Å². The first-order valence-corrected chi connectivity index (χ1v) is 12.3. The summed E-state index contributed by atoms with van der Waals surface area (Å²) in [6, 6.07) is 21.5. The van der Waals surface area contributed by atoms with Crippen molar-refractivity contribution >= 4 is 57.0 Å². The van der Waals surface area contributed by atoms with E-state index >= 15 is 0 Å². The molecule has 5 rings (SSSR count). The summed E-state index contributed by atoms with van der Waals surface area (Å²) in [5.41, 5.74) is 1.94. The molecule has 0 atom stereocenters. The number of halogens is 1. The number of rotatable bonds is 7. The van der Waals surface area contributed by atoms with Gasteiger partial charge in [-0.2, -0.15) is 0 Å². The molecule has 35 heavy (non-hydrogen) atoms. The van der Waals surface area contributed by atoms with E-state index in [-0.39, 0.29) is 22.8 Å². The molecule has 0 radical (unpaired) electrons. The maximum absolute atomic E-state index is 13.6. The topological polar surface area (TPSA) is 86.4 Å². The smallest absolute Gasteiger partial charge is 0.302 e. The van der Waals surface area contributed by atoms with E-state index < -0.39 is 0 Å². The second kappa shape index (κ2) is 9.85. The third-order valence-corrected chi connectivity index (χ3v) is 6.52. The highest BCUT2D eigenvalue weighted by Crippen LogP contribution is 2.29. The van der Waals surface area contributed by atoms with Crippen LogP contribution in [0.1, 0.15) is 6.92 Å². The minimum Gasteiger partial charge on any atom is -0.494 e. The Kier molecular flexibility index (Phi) is 6.48. The Morgan fingerprint density at radius 2 is 1.83 bits per heavy atom. The average molecular weight is 506 g/mol. The van der Waals surface area contributed by atoms with E-state index in [2.05, 4.69) is 5.32 Å². The van der Waals surface area contributed by atoms with E-state index in [0.717, 1.165) is 17.1 Å². The number of benzene rings is 3. The first-order chi connectivity index (χ1) is 17.0. The highest BCUT2D eigenvalue weighted by Gasteiger charge is 2.20. The lowest BCUT2D eigenvalue weighted by Gasteiger charge is -2.13. The molecule has 0 aliphatic heterocycles. The zero-order valence-corrected chi connectivity index (χ0v) is 20.2. The van der Waals surface area contributed by atoms with Crippen molar-refractivity contribution in [3.05, 3.63) is 88.2 Å². The molecule has 5 aromatic rings. The van der Waals surface area contributed by atoms with Crippen LogP contribution >= 0.6 is 23.4 Å². The number of nitrogens with one attached hydrogen (secondary N) is 1. The summed E-state index contributed by atoms with van der Waals surface area (Å²) in [6.07, 6.45) is 0. The van der Waals surface area contributed by atoms with Crippen molar-refractivity contribution in [3.63, 3.8) is 0 Å². The van der Waals surface area contributed by atoms with Gasteiger partial charge < -0.3 is 14.5 Å². The molecule has 9 heteroatoms. The third kappa shape index (κ3) is 4.62. The number of carbonyl (C=O) groups excluding carboxylic acids is 1. The van der Waals surface area contributed by atoms with Gasteiger partial charge >= 0.3 is 5.56 Å². The van der Waals surface area contributed by atoms with Gasteiger partial charge in [-0.1, -0.05) is 47.6 Å². The van der Waals surface area contributed by atoms with Gasteiger partial charge in [0.05, 0.1) is 28.8 Å². The lowest BCUT2D eigenvalue weighted by atomic mass is 10.2. The zero-order chi connectivity index (χ0) is 24.4. The van der Waals surface area contributed by atoms with Gasteiger partial charge in [0, 0.05) is 5.39 Å². The van der Waals surface area contributed by atoms with E-state index in [1.54, 1.807) is 54.6 Å². The normalized spacial score (nSPS) is 11.1. The number of anilines is 1. The Bertz CT molecular complexity index is 1590. The molecule has 0 bridgehead atoms. The summed E-state index contributed by atoms with van der Waals surface area (Å²) >= 11 is 7.31. The van der Waals surface area contributed by atoms with E-state index in [9.17, 15) is 9.59 Å². The van der Waals surface area contributed by atoms with Crippen LogP contribution in [0.15, 0.2) is 87.2 Å². The molecule has 3 aromatic carbocycles. The molecule has 176 valence electrons. The van der Waals surface area contributed by atoms with Crippen LogP contribution < -0.4 is 15.6 Å². The maximum atomic E-state index is 13.6. The van der Waals surface area contributed by atoms with Crippen molar-refractivity contribution in [3.8, 4) is 11.4 Å². The molecule has 0 unspecified atom stereocenters. The fourth-order valence-electron chi connectivity index (χ4n) is 3.68. The van der Waals surface area contributed by atoms with Crippen LogP contribution in [-0.2, 0) is 4.79 Å². The van der Waals surface area contributed by atoms with Gasteiger partial charge in [-0.05, 0) is 55.5 Å². The number of thioether (sulfide) groups is 1. The van der Waals surface area contributed by atoms with Gasteiger partial charge in [0.25, 0.3) is 0 Å². The summed E-state index contributed by atoms with van der Waals surface area (Å²) in [6.45, 7) is 2.44. The first kappa shape index (κ1) is 23.0. The number of ether oxygens (including phenoxy) is 1. The lowest BCUT2D eigenvalue weighted by Crippen LogP contribution is -2.22. The number of hydrogen-bond acceptors (Lipinski definition) is 6. The predicted molar refractivity (Wildman–Crippen MR) is 139 cm³/mol. The summed E-state index contributed by atoms with van der Waals surface area (Å²) in [5.74, 6) is 0.443. The predicted octanol–water partition coefficient (Wildman–Crippen LogP) is 5.91. The van der Waals surface area contributed by atoms with Crippen molar-refractivity contribution in [1.82, 2.24) is 9.55 Å². The van der Waals surface area contributed by atoms with Crippen LogP contribution in [0.5, 0.6) is 5.75 Å². The molecule has 2 aromatic heterocycles. The molecule has 0 aliphatic carbocycles. The molecule has 0 aliphatic rings. The highest BCUT2D eigenvalue weighted by molar-refractivity contribution is 7.99. The van der Waals surface area contributed by atoms with E-state index in [1.165, 1.54) is 4.57 Å². The number of para-hydroxylation sites is 2. The van der Waals surface area contributed by atoms with E-state index in [1.807, 2.05) is 25.1 Å². The van der Waals surface area contributed by atoms with Crippen molar-refractivity contribution in [2.24, 2.45) is 0 Å². The monoisotopic (exact) mass is 505 g/mol. The Hall–Kier alpha value is -3.75. The molecule has 1 N–H and O–H groups in total. The zero-order valence-electron chi connectivity index (χ0n) is 18.7. The van der Waals surface area contributed by atoms with Crippen molar-refractivity contribution in [1.29, 1.82) is 0 Å².